The van der Waals surface area contributed by atoms with Crippen molar-refractivity contribution in [3.8, 4) is 11.5 Å². The molecule has 1 aromatic carbocycles. The van der Waals surface area contributed by atoms with E-state index in [-0.39, 0.29) is 18.2 Å². The number of hydrogen-bond donors (Lipinski definition) is 2. The molecule has 1 aromatic rings. The molecule has 1 heterocycles. The molecule has 0 spiro atoms. The Kier molecular flexibility index (Phi) is 6.71. The van der Waals surface area contributed by atoms with Gasteiger partial charge in [-0.2, -0.15) is 0 Å². The van der Waals surface area contributed by atoms with Crippen LogP contribution in [0, 0.1) is 0 Å². The summed E-state index contributed by atoms with van der Waals surface area (Å²) in [7, 11) is 0. The number of amides is 2. The molecule has 2 amide bonds. The number of benzene rings is 1. The van der Waals surface area contributed by atoms with Crippen molar-refractivity contribution in [1.82, 2.24) is 10.6 Å². The van der Waals surface area contributed by atoms with Crippen LogP contribution in [0.5, 0.6) is 11.5 Å². The number of hydrogen-bond acceptors (Lipinski definition) is 5. The Hall–Kier alpha value is -2.70. The van der Waals surface area contributed by atoms with Gasteiger partial charge in [0.15, 0.2) is 11.5 Å². The second-order valence-corrected chi connectivity index (χ2v) is 6.83. The fourth-order valence-corrected chi connectivity index (χ4v) is 2.82. The van der Waals surface area contributed by atoms with Gasteiger partial charge in [-0.1, -0.05) is 6.07 Å². The fourth-order valence-electron chi connectivity index (χ4n) is 2.82. The number of esters is 1. The second kappa shape index (κ2) is 8.79. The molecule has 2 N–H and O–H groups in total. The Morgan fingerprint density at radius 2 is 1.85 bits per heavy atom. The smallest absolute Gasteiger partial charge is 0.338 e. The summed E-state index contributed by atoms with van der Waals surface area (Å²) in [6.45, 7) is 11.5. The van der Waals surface area contributed by atoms with Crippen molar-refractivity contribution in [2.45, 2.75) is 59.8 Å². The maximum absolute atomic E-state index is 12.6. The molecule has 7 heteroatoms. The molecule has 1 aliphatic heterocycles. The molecule has 7 nitrogen and oxygen atoms in total. The Morgan fingerprint density at radius 3 is 2.44 bits per heavy atom. The molecule has 1 atom stereocenters. The van der Waals surface area contributed by atoms with Crippen LogP contribution in [0.25, 0.3) is 0 Å². The van der Waals surface area contributed by atoms with Crippen LogP contribution in [-0.2, 0) is 9.53 Å². The summed E-state index contributed by atoms with van der Waals surface area (Å²) < 4.78 is 16.8. The minimum atomic E-state index is -0.641. The predicted molar refractivity (Wildman–Crippen MR) is 102 cm³/mol. The molecule has 0 aliphatic carbocycles. The van der Waals surface area contributed by atoms with E-state index in [0.717, 1.165) is 0 Å². The average molecular weight is 376 g/mol. The van der Waals surface area contributed by atoms with Gasteiger partial charge in [0.25, 0.3) is 0 Å². The van der Waals surface area contributed by atoms with Gasteiger partial charge in [0.1, 0.15) is 0 Å². The molecule has 2 rings (SSSR count). The summed E-state index contributed by atoms with van der Waals surface area (Å²) in [5, 5.41) is 5.43. The van der Waals surface area contributed by atoms with E-state index in [9.17, 15) is 9.59 Å². The Bertz CT molecular complexity index is 740. The molecule has 27 heavy (non-hydrogen) atoms. The fraction of sp³-hybridized carbons (Fsp3) is 0.500. The largest absolute Gasteiger partial charge is 0.490 e. The lowest BCUT2D eigenvalue weighted by molar-refractivity contribution is -0.143. The summed E-state index contributed by atoms with van der Waals surface area (Å²) >= 11 is 0. The molecule has 1 unspecified atom stereocenters. The molecule has 0 saturated heterocycles. The monoisotopic (exact) mass is 376 g/mol. The lowest BCUT2D eigenvalue weighted by atomic mass is 9.95. The van der Waals surface area contributed by atoms with Crippen LogP contribution in [0.4, 0.5) is 4.79 Å². The van der Waals surface area contributed by atoms with Crippen LogP contribution < -0.4 is 20.1 Å². The van der Waals surface area contributed by atoms with E-state index in [1.165, 1.54) is 0 Å². The van der Waals surface area contributed by atoms with Crippen molar-refractivity contribution in [3.63, 3.8) is 0 Å². The molecular formula is C20H28N2O5. The third kappa shape index (κ3) is 5.15. The summed E-state index contributed by atoms with van der Waals surface area (Å²) in [6.07, 6.45) is -0.274. The van der Waals surface area contributed by atoms with Crippen molar-refractivity contribution in [2.75, 3.05) is 6.61 Å². The molecular weight excluding hydrogens is 348 g/mol. The van der Waals surface area contributed by atoms with E-state index in [1.807, 2.05) is 26.8 Å². The van der Waals surface area contributed by atoms with Crippen LogP contribution in [-0.4, -0.2) is 30.8 Å². The van der Waals surface area contributed by atoms with Gasteiger partial charge in [-0.25, -0.2) is 9.59 Å². The van der Waals surface area contributed by atoms with Gasteiger partial charge in [-0.3, -0.25) is 0 Å². The summed E-state index contributed by atoms with van der Waals surface area (Å²) in [5.41, 5.74) is 1.54. The van der Waals surface area contributed by atoms with Crippen LogP contribution >= 0.6 is 0 Å². The minimum absolute atomic E-state index is 0.00707. The van der Waals surface area contributed by atoms with E-state index in [1.54, 1.807) is 32.9 Å². The highest BCUT2D eigenvalue weighted by Gasteiger charge is 2.33. The van der Waals surface area contributed by atoms with Crippen molar-refractivity contribution < 1.29 is 23.8 Å². The highest BCUT2D eigenvalue weighted by atomic mass is 16.5. The number of carbonyl (C=O) groups is 2. The summed E-state index contributed by atoms with van der Waals surface area (Å²) in [4.78, 5) is 24.6. The first-order chi connectivity index (χ1) is 12.7. The van der Waals surface area contributed by atoms with Crippen molar-refractivity contribution in [2.24, 2.45) is 0 Å². The van der Waals surface area contributed by atoms with Crippen molar-refractivity contribution >= 4 is 12.0 Å². The number of urea groups is 1. The standard InChI is InChI=1S/C20H28N2O5/c1-7-25-16-10-14(8-9-15(16)26-11(2)3)18-17(19(23)27-12(4)5)13(6)21-20(24)22-18/h8-12,18H,7H2,1-6H3,(H2,21,22,24). The number of nitrogens with one attached hydrogen (secondary N) is 2. The van der Waals surface area contributed by atoms with Gasteiger partial charge in [-0.15, -0.1) is 0 Å². The average Bonchev–Trinajstić information content (AvgIpc) is 2.54. The van der Waals surface area contributed by atoms with Crippen molar-refractivity contribution in [3.05, 3.63) is 35.0 Å². The van der Waals surface area contributed by atoms with E-state index >= 15 is 0 Å². The lowest BCUT2D eigenvalue weighted by Crippen LogP contribution is -2.45. The molecule has 1 aliphatic rings. The van der Waals surface area contributed by atoms with E-state index in [0.29, 0.717) is 34.9 Å². The van der Waals surface area contributed by atoms with E-state index in [2.05, 4.69) is 10.6 Å². The molecule has 0 fully saturated rings. The van der Waals surface area contributed by atoms with E-state index in [4.69, 9.17) is 14.2 Å². The van der Waals surface area contributed by atoms with Gasteiger partial charge in [0.05, 0.1) is 30.4 Å². The minimum Gasteiger partial charge on any atom is -0.490 e. The van der Waals surface area contributed by atoms with Gasteiger partial charge in [-0.05, 0) is 59.2 Å². The zero-order valence-electron chi connectivity index (χ0n) is 16.7. The maximum Gasteiger partial charge on any atom is 0.338 e. The zero-order chi connectivity index (χ0) is 20.1. The van der Waals surface area contributed by atoms with Crippen LogP contribution in [0.3, 0.4) is 0 Å². The number of allylic oxidation sites excluding steroid dienone is 1. The molecule has 148 valence electrons. The predicted octanol–water partition coefficient (Wildman–Crippen LogP) is 3.45. The first-order valence-electron chi connectivity index (χ1n) is 9.15. The van der Waals surface area contributed by atoms with Crippen LogP contribution in [0.1, 0.15) is 53.1 Å². The molecule has 0 aromatic heterocycles. The van der Waals surface area contributed by atoms with Gasteiger partial charge in [0, 0.05) is 5.70 Å². The highest BCUT2D eigenvalue weighted by molar-refractivity contribution is 5.95. The normalized spacial score (nSPS) is 16.9. The van der Waals surface area contributed by atoms with Gasteiger partial charge in [0.2, 0.25) is 0 Å². The molecule has 0 saturated carbocycles. The SMILES string of the molecule is CCOc1cc(C2NC(=O)NC(C)=C2C(=O)OC(C)C)ccc1OC(C)C. The lowest BCUT2D eigenvalue weighted by Gasteiger charge is -2.29. The number of carbonyl (C=O) groups excluding carboxylic acids is 2. The van der Waals surface area contributed by atoms with E-state index < -0.39 is 12.0 Å². The highest BCUT2D eigenvalue weighted by Crippen LogP contribution is 2.35. The Labute approximate surface area is 160 Å². The third-order valence-electron chi connectivity index (χ3n) is 3.80. The summed E-state index contributed by atoms with van der Waals surface area (Å²) in [6, 6.07) is 4.37. The zero-order valence-corrected chi connectivity index (χ0v) is 16.7. The molecule has 0 radical (unpaired) electrons. The van der Waals surface area contributed by atoms with Crippen molar-refractivity contribution in [1.29, 1.82) is 0 Å². The number of ether oxygens (including phenoxy) is 3. The van der Waals surface area contributed by atoms with Gasteiger partial charge < -0.3 is 24.8 Å². The Balaban J connectivity index is 2.46. The van der Waals surface area contributed by atoms with Crippen LogP contribution in [0.15, 0.2) is 29.5 Å². The first kappa shape index (κ1) is 20.6. The van der Waals surface area contributed by atoms with Gasteiger partial charge >= 0.3 is 12.0 Å². The summed E-state index contributed by atoms with van der Waals surface area (Å²) in [5.74, 6) is 0.703. The quantitative estimate of drug-likeness (QED) is 0.712. The Morgan fingerprint density at radius 1 is 1.15 bits per heavy atom. The number of rotatable bonds is 7. The maximum atomic E-state index is 12.6. The first-order valence-corrected chi connectivity index (χ1v) is 9.15. The second-order valence-electron chi connectivity index (χ2n) is 6.83. The third-order valence-corrected chi connectivity index (χ3v) is 3.80. The topological polar surface area (TPSA) is 85.9 Å². The van der Waals surface area contributed by atoms with Crippen LogP contribution in [0.2, 0.25) is 0 Å². The molecule has 0 bridgehead atoms.